The summed E-state index contributed by atoms with van der Waals surface area (Å²) >= 11 is -2.15. The number of benzene rings is 2. The van der Waals surface area contributed by atoms with Gasteiger partial charge in [0, 0.05) is 4.90 Å². The Kier molecular flexibility index (Phi) is 2.16. The van der Waals surface area contributed by atoms with E-state index in [9.17, 15) is 8.76 Å². The van der Waals surface area contributed by atoms with Crippen LogP contribution in [0.1, 0.15) is 11.1 Å². The molecule has 0 amide bonds. The van der Waals surface area contributed by atoms with E-state index in [-0.39, 0.29) is 0 Å². The fourth-order valence-electron chi connectivity index (χ4n) is 2.28. The fourth-order valence-corrected chi connectivity index (χ4v) is 2.86. The third-order valence-corrected chi connectivity index (χ3v) is 3.73. The highest BCUT2D eigenvalue weighted by atomic mass is 32.2. The Hall–Kier alpha value is -1.45. The summed E-state index contributed by atoms with van der Waals surface area (Å²) in [4.78, 5) is 0.425. The van der Waals surface area contributed by atoms with E-state index in [1.807, 2.05) is 30.3 Å². The van der Waals surface area contributed by atoms with Gasteiger partial charge in [0.05, 0.1) is 0 Å². The first-order valence-electron chi connectivity index (χ1n) is 5.07. The molecule has 0 saturated carbocycles. The zero-order valence-corrected chi connectivity index (χ0v) is 9.29. The Morgan fingerprint density at radius 1 is 1.00 bits per heavy atom. The molecule has 0 fully saturated rings. The third-order valence-electron chi connectivity index (χ3n) is 2.99. The van der Waals surface area contributed by atoms with Gasteiger partial charge in [-0.25, -0.2) is 0 Å². The fraction of sp³-hybridized carbons (Fsp3) is 0.0769. The summed E-state index contributed by atoms with van der Waals surface area (Å²) in [5.41, 5.74) is 4.34. The van der Waals surface area contributed by atoms with Crippen LogP contribution in [0.4, 0.5) is 0 Å². The molecule has 2 aromatic carbocycles. The van der Waals surface area contributed by atoms with Gasteiger partial charge in [0.15, 0.2) is 0 Å². The monoisotopic (exact) mass is 229 g/mol. The largest absolute Gasteiger partial charge is 0.768 e. The van der Waals surface area contributed by atoms with Crippen molar-refractivity contribution in [3.8, 4) is 11.1 Å². The first-order chi connectivity index (χ1) is 7.77. The Morgan fingerprint density at radius 3 is 2.56 bits per heavy atom. The molecule has 0 aromatic heterocycles. The number of rotatable bonds is 1. The van der Waals surface area contributed by atoms with Crippen LogP contribution in [0.25, 0.3) is 11.1 Å². The van der Waals surface area contributed by atoms with E-state index >= 15 is 0 Å². The van der Waals surface area contributed by atoms with Crippen LogP contribution in [0.3, 0.4) is 0 Å². The van der Waals surface area contributed by atoms with Gasteiger partial charge in [0.1, 0.15) is 0 Å². The first kappa shape index (κ1) is 9.75. The maximum absolute atomic E-state index is 11.1. The molecule has 0 spiro atoms. The van der Waals surface area contributed by atoms with Gasteiger partial charge in [-0.05, 0) is 45.8 Å². The minimum Gasteiger partial charge on any atom is -0.768 e. The second-order valence-corrected chi connectivity index (χ2v) is 4.76. The standard InChI is InChI=1S/C13H10O2S/c14-16(15)13-7-3-6-11-10-5-2-1-4-9(10)8-12(11)13/h1-7H,8H2,(H,14,15)/p-1. The second kappa shape index (κ2) is 3.54. The highest BCUT2D eigenvalue weighted by Crippen LogP contribution is 2.38. The molecule has 0 aliphatic heterocycles. The van der Waals surface area contributed by atoms with Crippen LogP contribution in [0.15, 0.2) is 47.4 Å². The maximum atomic E-state index is 11.1. The highest BCUT2D eigenvalue weighted by Gasteiger charge is 2.20. The summed E-state index contributed by atoms with van der Waals surface area (Å²) < 4.78 is 22.2. The van der Waals surface area contributed by atoms with E-state index < -0.39 is 11.1 Å². The van der Waals surface area contributed by atoms with E-state index in [0.717, 1.165) is 23.1 Å². The van der Waals surface area contributed by atoms with Gasteiger partial charge in [0.2, 0.25) is 0 Å². The lowest BCUT2D eigenvalue weighted by Crippen LogP contribution is -1.95. The zero-order chi connectivity index (χ0) is 11.1. The highest BCUT2D eigenvalue weighted by molar-refractivity contribution is 7.79. The average molecular weight is 229 g/mol. The third kappa shape index (κ3) is 1.32. The molecule has 3 rings (SSSR count). The number of hydrogen-bond acceptors (Lipinski definition) is 2. The Balaban J connectivity index is 2.28. The summed E-state index contributed by atoms with van der Waals surface area (Å²) in [6.07, 6.45) is 0.718. The number of hydrogen-bond donors (Lipinski definition) is 0. The Morgan fingerprint density at radius 2 is 1.75 bits per heavy atom. The second-order valence-electron chi connectivity index (χ2n) is 3.85. The van der Waals surface area contributed by atoms with Crippen molar-refractivity contribution in [1.82, 2.24) is 0 Å². The lowest BCUT2D eigenvalue weighted by molar-refractivity contribution is 0.536. The zero-order valence-electron chi connectivity index (χ0n) is 8.47. The lowest BCUT2D eigenvalue weighted by atomic mass is 10.1. The SMILES string of the molecule is O=S([O-])c1cccc2c1Cc1ccccc1-2. The molecule has 16 heavy (non-hydrogen) atoms. The van der Waals surface area contributed by atoms with Gasteiger partial charge in [-0.15, -0.1) is 0 Å². The summed E-state index contributed by atoms with van der Waals surface area (Å²) in [6.45, 7) is 0. The molecule has 2 aromatic rings. The predicted molar refractivity (Wildman–Crippen MR) is 61.9 cm³/mol. The summed E-state index contributed by atoms with van der Waals surface area (Å²) in [5.74, 6) is 0. The molecule has 2 nitrogen and oxygen atoms in total. The molecular formula is C13H9O2S-. The predicted octanol–water partition coefficient (Wildman–Crippen LogP) is 2.50. The molecule has 0 saturated heterocycles. The Bertz CT molecular complexity index is 590. The topological polar surface area (TPSA) is 40.1 Å². The van der Waals surface area contributed by atoms with Crippen molar-refractivity contribution in [2.24, 2.45) is 0 Å². The molecule has 1 unspecified atom stereocenters. The van der Waals surface area contributed by atoms with Crippen molar-refractivity contribution in [2.45, 2.75) is 11.3 Å². The van der Waals surface area contributed by atoms with Crippen molar-refractivity contribution in [1.29, 1.82) is 0 Å². The molecule has 0 heterocycles. The van der Waals surface area contributed by atoms with Crippen molar-refractivity contribution in [2.75, 3.05) is 0 Å². The molecule has 1 atom stereocenters. The van der Waals surface area contributed by atoms with Crippen LogP contribution >= 0.6 is 0 Å². The maximum Gasteiger partial charge on any atom is 0.0290 e. The Labute approximate surface area is 96.2 Å². The van der Waals surface area contributed by atoms with Gasteiger partial charge < -0.3 is 4.55 Å². The van der Waals surface area contributed by atoms with E-state index in [0.29, 0.717) is 4.90 Å². The molecule has 0 radical (unpaired) electrons. The minimum absolute atomic E-state index is 0.425. The van der Waals surface area contributed by atoms with Crippen molar-refractivity contribution in [3.63, 3.8) is 0 Å². The molecule has 1 aliphatic rings. The molecule has 80 valence electrons. The van der Waals surface area contributed by atoms with E-state index in [2.05, 4.69) is 0 Å². The molecule has 0 N–H and O–H groups in total. The lowest BCUT2D eigenvalue weighted by Gasteiger charge is -2.10. The van der Waals surface area contributed by atoms with Crippen LogP contribution < -0.4 is 0 Å². The van der Waals surface area contributed by atoms with Crippen LogP contribution in [0.5, 0.6) is 0 Å². The van der Waals surface area contributed by atoms with E-state index in [1.54, 1.807) is 12.1 Å². The molecule has 0 bridgehead atoms. The van der Waals surface area contributed by atoms with Gasteiger partial charge in [-0.2, -0.15) is 0 Å². The smallest absolute Gasteiger partial charge is 0.0290 e. The summed E-state index contributed by atoms with van der Waals surface area (Å²) in [5, 5.41) is 0. The van der Waals surface area contributed by atoms with E-state index in [1.165, 1.54) is 5.56 Å². The molecule has 3 heteroatoms. The van der Waals surface area contributed by atoms with Crippen LogP contribution in [0.2, 0.25) is 0 Å². The van der Waals surface area contributed by atoms with Gasteiger partial charge in [0.25, 0.3) is 0 Å². The summed E-state index contributed by atoms with van der Waals surface area (Å²) in [6, 6.07) is 13.5. The normalized spacial score (nSPS) is 14.3. The summed E-state index contributed by atoms with van der Waals surface area (Å²) in [7, 11) is 0. The average Bonchev–Trinajstić information content (AvgIpc) is 2.67. The van der Waals surface area contributed by atoms with Crippen molar-refractivity contribution >= 4 is 11.1 Å². The van der Waals surface area contributed by atoms with Crippen LogP contribution in [0, 0.1) is 0 Å². The van der Waals surface area contributed by atoms with Crippen molar-refractivity contribution in [3.05, 3.63) is 53.6 Å². The van der Waals surface area contributed by atoms with E-state index in [4.69, 9.17) is 0 Å². The van der Waals surface area contributed by atoms with Gasteiger partial charge in [-0.3, -0.25) is 4.21 Å². The van der Waals surface area contributed by atoms with Crippen molar-refractivity contribution < 1.29 is 8.76 Å². The first-order valence-corrected chi connectivity index (χ1v) is 6.14. The minimum atomic E-state index is -2.15. The van der Waals surface area contributed by atoms with Gasteiger partial charge in [-0.1, -0.05) is 36.4 Å². The molecular weight excluding hydrogens is 220 g/mol. The van der Waals surface area contributed by atoms with Crippen LogP contribution in [-0.4, -0.2) is 8.76 Å². The molecule has 1 aliphatic carbocycles. The number of fused-ring (bicyclic) bond motifs is 3. The van der Waals surface area contributed by atoms with Crippen LogP contribution in [-0.2, 0) is 17.5 Å². The van der Waals surface area contributed by atoms with Gasteiger partial charge >= 0.3 is 0 Å². The quantitative estimate of drug-likeness (QED) is 0.601.